The second-order valence-corrected chi connectivity index (χ2v) is 20.0. The summed E-state index contributed by atoms with van der Waals surface area (Å²) in [6.45, 7) is 0. The molecule has 3 heterocycles. The lowest BCUT2D eigenvalue weighted by Gasteiger charge is -2.16. The van der Waals surface area contributed by atoms with Crippen LogP contribution in [0.3, 0.4) is 0 Å². The lowest BCUT2D eigenvalue weighted by molar-refractivity contribution is 1.07. The van der Waals surface area contributed by atoms with E-state index in [4.69, 9.17) is 15.0 Å². The van der Waals surface area contributed by atoms with Gasteiger partial charge in [0, 0.05) is 49.6 Å². The first-order chi connectivity index (χ1) is 40.5. The first-order valence-electron chi connectivity index (χ1n) is 26.6. The zero-order valence-corrected chi connectivity index (χ0v) is 43.7. The molecule has 9 nitrogen and oxygen atoms in total. The van der Waals surface area contributed by atoms with Crippen molar-refractivity contribution in [1.82, 2.24) is 24.1 Å². The average molecular weight is 1040 g/mol. The molecule has 3 aromatic heterocycles. The summed E-state index contributed by atoms with van der Waals surface area (Å²) in [5.74, 6) is 1.51. The molecule has 0 spiro atoms. The molecule has 0 saturated carbocycles. The molecule has 14 rings (SSSR count). The summed E-state index contributed by atoms with van der Waals surface area (Å²) in [5.41, 5.74) is 16.9. The Morgan fingerprint density at radius 1 is 0.244 bits per heavy atom. The Morgan fingerprint density at radius 3 is 0.805 bits per heavy atom. The molecule has 0 fully saturated rings. The van der Waals surface area contributed by atoms with Crippen molar-refractivity contribution in [3.05, 3.63) is 271 Å². The van der Waals surface area contributed by atoms with Crippen molar-refractivity contribution in [2.75, 3.05) is 0 Å². The zero-order valence-electron chi connectivity index (χ0n) is 43.7. The van der Waals surface area contributed by atoms with Gasteiger partial charge in [0.15, 0.2) is 17.5 Å². The van der Waals surface area contributed by atoms with E-state index in [0.29, 0.717) is 39.7 Å². The molecule has 0 aliphatic carbocycles. The van der Waals surface area contributed by atoms with Crippen LogP contribution in [-0.2, 0) is 0 Å². The lowest BCUT2D eigenvalue weighted by atomic mass is 9.96. The minimum absolute atomic E-state index is 0.467. The van der Waals surface area contributed by atoms with Crippen molar-refractivity contribution < 1.29 is 0 Å². The van der Waals surface area contributed by atoms with Crippen molar-refractivity contribution in [2.45, 2.75) is 0 Å². The fourth-order valence-electron chi connectivity index (χ4n) is 11.5. The predicted octanol–water partition coefficient (Wildman–Crippen LogP) is 17.2. The van der Waals surface area contributed by atoms with Crippen molar-refractivity contribution in [1.29, 1.82) is 21.0 Å². The molecular weight excluding hydrogens is 1000 g/mol. The topological polar surface area (TPSA) is 144 Å². The van der Waals surface area contributed by atoms with Crippen molar-refractivity contribution in [2.24, 2.45) is 0 Å². The lowest BCUT2D eigenvalue weighted by Crippen LogP contribution is -2.03. The third kappa shape index (κ3) is 8.28. The number of rotatable bonds is 9. The summed E-state index contributed by atoms with van der Waals surface area (Å²) in [6, 6.07) is 92.0. The van der Waals surface area contributed by atoms with E-state index in [9.17, 15) is 21.0 Å². The van der Waals surface area contributed by atoms with Crippen molar-refractivity contribution >= 4 is 43.6 Å². The summed E-state index contributed by atoms with van der Waals surface area (Å²) in [4.78, 5) is 15.7. The molecule has 0 N–H and O–H groups in total. The molecule has 82 heavy (non-hydrogen) atoms. The highest BCUT2D eigenvalue weighted by atomic mass is 15.0. The maximum atomic E-state index is 10.3. The first kappa shape index (κ1) is 48.4. The Balaban J connectivity index is 1.09. The van der Waals surface area contributed by atoms with E-state index in [0.717, 1.165) is 116 Å². The molecular formula is C73H41N9. The Bertz CT molecular complexity index is 4560. The van der Waals surface area contributed by atoms with E-state index in [1.807, 2.05) is 158 Å². The van der Waals surface area contributed by atoms with Crippen LogP contribution in [0.25, 0.3) is 134 Å². The minimum atomic E-state index is 0.467. The highest BCUT2D eigenvalue weighted by Gasteiger charge is 2.23. The van der Waals surface area contributed by atoms with Gasteiger partial charge in [-0.2, -0.15) is 21.0 Å². The Kier molecular flexibility index (Phi) is 11.9. The van der Waals surface area contributed by atoms with Gasteiger partial charge in [-0.3, -0.25) is 0 Å². The van der Waals surface area contributed by atoms with E-state index in [-0.39, 0.29) is 0 Å². The first-order valence-corrected chi connectivity index (χ1v) is 26.6. The van der Waals surface area contributed by atoms with Crippen molar-refractivity contribution in [3.63, 3.8) is 0 Å². The van der Waals surface area contributed by atoms with Crippen LogP contribution in [0.2, 0.25) is 0 Å². The molecule has 0 unspecified atom stereocenters. The molecule has 9 heteroatoms. The molecule has 0 amide bonds. The monoisotopic (exact) mass is 1040 g/mol. The number of hydrogen-bond donors (Lipinski definition) is 0. The van der Waals surface area contributed by atoms with Crippen LogP contribution in [0.1, 0.15) is 22.3 Å². The fourth-order valence-corrected chi connectivity index (χ4v) is 11.5. The van der Waals surface area contributed by atoms with Gasteiger partial charge < -0.3 is 9.13 Å². The van der Waals surface area contributed by atoms with Gasteiger partial charge in [-0.15, -0.1) is 0 Å². The summed E-state index contributed by atoms with van der Waals surface area (Å²) in [5, 5.41) is 45.0. The molecule has 0 saturated heterocycles. The molecule has 0 bridgehead atoms. The molecule has 0 atom stereocenters. The maximum absolute atomic E-state index is 10.3. The smallest absolute Gasteiger partial charge is 0.164 e. The van der Waals surface area contributed by atoms with E-state index >= 15 is 0 Å². The van der Waals surface area contributed by atoms with Crippen LogP contribution >= 0.6 is 0 Å². The van der Waals surface area contributed by atoms with Gasteiger partial charge in [0.1, 0.15) is 0 Å². The van der Waals surface area contributed by atoms with Crippen LogP contribution in [0, 0.1) is 45.3 Å². The molecule has 11 aromatic carbocycles. The average Bonchev–Trinajstić information content (AvgIpc) is 3.59. The number of nitriles is 4. The largest absolute Gasteiger partial charge is 0.309 e. The van der Waals surface area contributed by atoms with E-state index in [2.05, 4.69) is 124 Å². The molecule has 0 radical (unpaired) electrons. The van der Waals surface area contributed by atoms with E-state index < -0.39 is 0 Å². The van der Waals surface area contributed by atoms with Gasteiger partial charge in [-0.05, 0) is 136 Å². The van der Waals surface area contributed by atoms with Gasteiger partial charge >= 0.3 is 0 Å². The maximum Gasteiger partial charge on any atom is 0.164 e. The Labute approximate surface area is 471 Å². The van der Waals surface area contributed by atoms with Crippen molar-refractivity contribution in [3.8, 4) is 114 Å². The van der Waals surface area contributed by atoms with Gasteiger partial charge in [0.2, 0.25) is 0 Å². The summed E-state index contributed by atoms with van der Waals surface area (Å²) in [7, 11) is 0. The van der Waals surface area contributed by atoms with E-state index in [1.54, 1.807) is 0 Å². The Hall–Kier alpha value is -12.0. The van der Waals surface area contributed by atoms with Gasteiger partial charge in [-0.1, -0.05) is 158 Å². The summed E-state index contributed by atoms with van der Waals surface area (Å²) >= 11 is 0. The standard InChI is InChI=1S/C73H41N9/c74-42-52-19-7-11-23-59(52)48-27-31-67-63(37-48)64-38-49(60-24-12-8-20-53(60)43-75)28-32-68(64)81(67)57-35-56(73-79-71(46-15-3-1-4-16-46)78-72(80-73)47-17-5-2-6-18-47)36-58(41-57)82-69-33-29-50(61-25-13-9-21-54(61)44-76)39-65(69)66-40-51(30-34-70(66)82)62-26-14-10-22-55(62)45-77/h1-41H. The minimum Gasteiger partial charge on any atom is -0.309 e. The quantitative estimate of drug-likeness (QED) is 0.140. The number of nitrogens with zero attached hydrogens (tertiary/aromatic N) is 9. The van der Waals surface area contributed by atoms with Crippen LogP contribution in [0.5, 0.6) is 0 Å². The second-order valence-electron chi connectivity index (χ2n) is 20.0. The van der Waals surface area contributed by atoms with Crippen LogP contribution < -0.4 is 0 Å². The summed E-state index contributed by atoms with van der Waals surface area (Å²) in [6.07, 6.45) is 0. The Morgan fingerprint density at radius 2 is 0.512 bits per heavy atom. The van der Waals surface area contributed by atoms with Crippen LogP contribution in [-0.4, -0.2) is 24.1 Å². The van der Waals surface area contributed by atoms with E-state index in [1.165, 1.54) is 0 Å². The third-order valence-corrected chi connectivity index (χ3v) is 15.3. The number of fused-ring (bicyclic) bond motifs is 6. The van der Waals surface area contributed by atoms with Crippen LogP contribution in [0.15, 0.2) is 249 Å². The normalized spacial score (nSPS) is 11.1. The highest BCUT2D eigenvalue weighted by Crippen LogP contribution is 2.43. The van der Waals surface area contributed by atoms with Gasteiger partial charge in [-0.25, -0.2) is 15.0 Å². The summed E-state index contributed by atoms with van der Waals surface area (Å²) < 4.78 is 4.55. The predicted molar refractivity (Wildman–Crippen MR) is 325 cm³/mol. The molecule has 14 aromatic rings. The molecule has 0 aliphatic heterocycles. The zero-order chi connectivity index (χ0) is 55.3. The highest BCUT2D eigenvalue weighted by molar-refractivity contribution is 6.13. The SMILES string of the molecule is N#Cc1ccccc1-c1ccc2c(c1)c1cc(-c3ccccc3C#N)ccc1n2-c1cc(-c2nc(-c3ccccc3)nc(-c3ccccc3)n2)cc(-n2c3ccc(-c4ccccc4C#N)cc3c3cc(-c4ccccc4C#N)ccc32)c1. The number of benzene rings is 11. The molecule has 378 valence electrons. The van der Waals surface area contributed by atoms with Crippen LogP contribution in [0.4, 0.5) is 0 Å². The van der Waals surface area contributed by atoms with Gasteiger partial charge in [0.25, 0.3) is 0 Å². The molecule has 0 aliphatic rings. The van der Waals surface area contributed by atoms with Gasteiger partial charge in [0.05, 0.1) is 68.6 Å². The second kappa shape index (κ2) is 20.1. The number of aromatic nitrogens is 5. The fraction of sp³-hybridized carbons (Fsp3) is 0. The number of hydrogen-bond acceptors (Lipinski definition) is 7. The third-order valence-electron chi connectivity index (χ3n) is 15.3.